The third kappa shape index (κ3) is 5.37. The van der Waals surface area contributed by atoms with E-state index in [2.05, 4.69) is 5.32 Å². The van der Waals surface area contributed by atoms with Crippen LogP contribution in [0.4, 0.5) is 0 Å². The minimum atomic E-state index is -1.01. The first-order valence-corrected chi connectivity index (χ1v) is 8.36. The van der Waals surface area contributed by atoms with E-state index in [1.54, 1.807) is 38.5 Å². The molecule has 0 saturated carbocycles. The molecule has 0 saturated heterocycles. The molecule has 0 fully saturated rings. The molecule has 0 aliphatic heterocycles. The Morgan fingerprint density at radius 1 is 0.926 bits per heavy atom. The van der Waals surface area contributed by atoms with Crippen molar-refractivity contribution in [1.29, 1.82) is 0 Å². The lowest BCUT2D eigenvalue weighted by atomic mass is 10.1. The molecule has 0 spiro atoms. The number of hydrogen-bond acceptors (Lipinski definition) is 5. The van der Waals surface area contributed by atoms with Gasteiger partial charge in [0.05, 0.1) is 33.3 Å². The number of carboxylic acid groups (broad SMARTS) is 1. The van der Waals surface area contributed by atoms with Gasteiger partial charge >= 0.3 is 5.97 Å². The molecule has 0 aromatic heterocycles. The Bertz CT molecular complexity index is 818. The highest BCUT2D eigenvalue weighted by Crippen LogP contribution is 2.24. The largest absolute Gasteiger partial charge is 0.497 e. The minimum Gasteiger partial charge on any atom is -0.497 e. The Labute approximate surface area is 157 Å². The third-order valence-corrected chi connectivity index (χ3v) is 4.09. The summed E-state index contributed by atoms with van der Waals surface area (Å²) in [4.78, 5) is 23.3. The van der Waals surface area contributed by atoms with Gasteiger partial charge in [-0.3, -0.25) is 4.79 Å². The van der Waals surface area contributed by atoms with Crippen molar-refractivity contribution >= 4 is 11.9 Å². The molecule has 0 aliphatic rings. The fourth-order valence-electron chi connectivity index (χ4n) is 2.68. The van der Waals surface area contributed by atoms with Gasteiger partial charge in [-0.1, -0.05) is 6.07 Å². The van der Waals surface area contributed by atoms with E-state index in [1.165, 1.54) is 19.2 Å². The van der Waals surface area contributed by atoms with E-state index in [4.69, 9.17) is 19.3 Å². The van der Waals surface area contributed by atoms with Gasteiger partial charge in [-0.15, -0.1) is 0 Å². The van der Waals surface area contributed by atoms with E-state index < -0.39 is 5.97 Å². The van der Waals surface area contributed by atoms with Crippen molar-refractivity contribution in [1.82, 2.24) is 5.32 Å². The fraction of sp³-hybridized carbons (Fsp3) is 0.300. The monoisotopic (exact) mass is 373 g/mol. The van der Waals surface area contributed by atoms with E-state index in [9.17, 15) is 9.59 Å². The molecule has 27 heavy (non-hydrogen) atoms. The van der Waals surface area contributed by atoms with Crippen molar-refractivity contribution in [2.75, 3.05) is 27.9 Å². The molecule has 2 aromatic carbocycles. The molecule has 2 rings (SSSR count). The molecule has 0 bridgehead atoms. The molecule has 0 aliphatic carbocycles. The smallest absolute Gasteiger partial charge is 0.335 e. The number of nitrogens with one attached hydrogen (secondary N) is 1. The number of hydrogen-bond donors (Lipinski definition) is 2. The van der Waals surface area contributed by atoms with Gasteiger partial charge in [0.1, 0.15) is 17.2 Å². The van der Waals surface area contributed by atoms with Crippen LogP contribution in [0.15, 0.2) is 36.4 Å². The third-order valence-electron chi connectivity index (χ3n) is 4.09. The summed E-state index contributed by atoms with van der Waals surface area (Å²) >= 11 is 0. The Balaban J connectivity index is 1.96. The second-order valence-corrected chi connectivity index (χ2v) is 5.79. The molecule has 7 heteroatoms. The number of carbonyl (C=O) groups is 2. The minimum absolute atomic E-state index is 0.150. The lowest BCUT2D eigenvalue weighted by molar-refractivity contribution is -0.120. The van der Waals surface area contributed by atoms with Crippen LogP contribution in [0.25, 0.3) is 0 Å². The number of aromatic carboxylic acids is 1. The highest BCUT2D eigenvalue weighted by molar-refractivity contribution is 5.88. The second kappa shape index (κ2) is 9.47. The number of carboxylic acids is 1. The lowest BCUT2D eigenvalue weighted by Crippen LogP contribution is -2.27. The molecule has 2 aromatic rings. The number of carbonyl (C=O) groups excluding carboxylic acids is 1. The van der Waals surface area contributed by atoms with Crippen LogP contribution in [0.1, 0.15) is 21.5 Å². The summed E-state index contributed by atoms with van der Waals surface area (Å²) in [6.45, 7) is 0.397. The van der Waals surface area contributed by atoms with Crippen LogP contribution in [0.5, 0.6) is 17.2 Å². The molecule has 7 nitrogen and oxygen atoms in total. The van der Waals surface area contributed by atoms with Gasteiger partial charge in [0.25, 0.3) is 0 Å². The van der Waals surface area contributed by atoms with Gasteiger partial charge in [-0.05, 0) is 42.3 Å². The van der Waals surface area contributed by atoms with Crippen LogP contribution >= 0.6 is 0 Å². The zero-order valence-electron chi connectivity index (χ0n) is 15.6. The average molecular weight is 373 g/mol. The van der Waals surface area contributed by atoms with Crippen LogP contribution < -0.4 is 19.5 Å². The Morgan fingerprint density at radius 3 is 2.30 bits per heavy atom. The summed E-state index contributed by atoms with van der Waals surface area (Å²) in [7, 11) is 4.60. The van der Waals surface area contributed by atoms with Crippen molar-refractivity contribution in [2.45, 2.75) is 12.8 Å². The predicted molar refractivity (Wildman–Crippen MR) is 99.9 cm³/mol. The summed E-state index contributed by atoms with van der Waals surface area (Å²) in [5.41, 5.74) is 1.71. The highest BCUT2D eigenvalue weighted by Gasteiger charge is 2.12. The molecular weight excluding hydrogens is 350 g/mol. The first-order chi connectivity index (χ1) is 13.0. The Kier molecular flexibility index (Phi) is 7.05. The van der Waals surface area contributed by atoms with E-state index in [0.717, 1.165) is 11.1 Å². The normalized spacial score (nSPS) is 10.2. The molecule has 1 amide bonds. The van der Waals surface area contributed by atoms with Crippen molar-refractivity contribution in [3.63, 3.8) is 0 Å². The van der Waals surface area contributed by atoms with Crippen molar-refractivity contribution in [2.24, 2.45) is 0 Å². The quantitative estimate of drug-likeness (QED) is 0.701. The van der Waals surface area contributed by atoms with E-state index in [-0.39, 0.29) is 17.9 Å². The van der Waals surface area contributed by atoms with Crippen LogP contribution in [0.2, 0.25) is 0 Å². The van der Waals surface area contributed by atoms with E-state index in [1.807, 2.05) is 0 Å². The maximum Gasteiger partial charge on any atom is 0.335 e. The first-order valence-electron chi connectivity index (χ1n) is 8.36. The molecule has 2 N–H and O–H groups in total. The summed E-state index contributed by atoms with van der Waals surface area (Å²) in [6.07, 6.45) is 0.680. The molecule has 144 valence electrons. The standard InChI is InChI=1S/C20H23NO6/c1-25-16-6-7-17(26-2)15(10-16)12-19(22)21-9-8-13-4-5-14(20(23)24)11-18(13)27-3/h4-7,10-11H,8-9,12H2,1-3H3,(H,21,22)(H,23,24). The summed E-state index contributed by atoms with van der Waals surface area (Å²) in [5, 5.41) is 11.9. The van der Waals surface area contributed by atoms with Gasteiger partial charge in [0.15, 0.2) is 0 Å². The van der Waals surface area contributed by atoms with Crippen LogP contribution in [-0.4, -0.2) is 44.9 Å². The number of methoxy groups -OCH3 is 3. The topological polar surface area (TPSA) is 94.1 Å². The predicted octanol–water partition coefficient (Wildman–Crippen LogP) is 2.31. The average Bonchev–Trinajstić information content (AvgIpc) is 2.67. The van der Waals surface area contributed by atoms with Gasteiger partial charge < -0.3 is 24.6 Å². The number of ether oxygens (including phenoxy) is 3. The number of benzene rings is 2. The van der Waals surface area contributed by atoms with Crippen molar-refractivity contribution < 1.29 is 28.9 Å². The van der Waals surface area contributed by atoms with E-state index >= 15 is 0 Å². The van der Waals surface area contributed by atoms with Gasteiger partial charge in [-0.2, -0.15) is 0 Å². The first kappa shape index (κ1) is 20.1. The van der Waals surface area contributed by atoms with Crippen LogP contribution in [-0.2, 0) is 17.6 Å². The van der Waals surface area contributed by atoms with Crippen molar-refractivity contribution in [3.05, 3.63) is 53.1 Å². The number of rotatable bonds is 9. The lowest BCUT2D eigenvalue weighted by Gasteiger charge is -2.12. The molecule has 0 heterocycles. The van der Waals surface area contributed by atoms with Crippen LogP contribution in [0, 0.1) is 0 Å². The SMILES string of the molecule is COc1ccc(OC)c(CC(=O)NCCc2ccc(C(=O)O)cc2OC)c1. The number of amides is 1. The van der Waals surface area contributed by atoms with E-state index in [0.29, 0.717) is 30.2 Å². The summed E-state index contributed by atoms with van der Waals surface area (Å²) in [6, 6.07) is 9.99. The molecule has 0 unspecified atom stereocenters. The molecule has 0 atom stereocenters. The summed E-state index contributed by atoms with van der Waals surface area (Å²) < 4.78 is 15.7. The van der Waals surface area contributed by atoms with Crippen LogP contribution in [0.3, 0.4) is 0 Å². The zero-order valence-corrected chi connectivity index (χ0v) is 15.6. The Morgan fingerprint density at radius 2 is 1.67 bits per heavy atom. The van der Waals surface area contributed by atoms with Crippen molar-refractivity contribution in [3.8, 4) is 17.2 Å². The zero-order chi connectivity index (χ0) is 19.8. The van der Waals surface area contributed by atoms with Gasteiger partial charge in [-0.25, -0.2) is 4.79 Å². The summed E-state index contributed by atoms with van der Waals surface area (Å²) in [5.74, 6) is 0.598. The molecule has 0 radical (unpaired) electrons. The second-order valence-electron chi connectivity index (χ2n) is 5.79. The maximum absolute atomic E-state index is 12.3. The fourth-order valence-corrected chi connectivity index (χ4v) is 2.68. The highest BCUT2D eigenvalue weighted by atomic mass is 16.5. The maximum atomic E-state index is 12.3. The van der Waals surface area contributed by atoms with Gasteiger partial charge in [0.2, 0.25) is 5.91 Å². The molecular formula is C20H23NO6. The Hall–Kier alpha value is -3.22. The van der Waals surface area contributed by atoms with Gasteiger partial charge in [0, 0.05) is 12.1 Å².